The second kappa shape index (κ2) is 5.29. The van der Waals surface area contributed by atoms with Gasteiger partial charge in [-0.25, -0.2) is 13.1 Å². The number of hydrogen-bond donors (Lipinski definition) is 3. The number of hydrogen-bond acceptors (Lipinski definition) is 5. The Balaban J connectivity index is 2.17. The zero-order chi connectivity index (χ0) is 13.9. The normalized spacial score (nSPS) is 11.4. The smallest absolute Gasteiger partial charge is 0.241 e. The Morgan fingerprint density at radius 3 is 2.79 bits per heavy atom. The maximum atomic E-state index is 12.0. The Morgan fingerprint density at radius 1 is 1.42 bits per heavy atom. The van der Waals surface area contributed by atoms with Crippen LogP contribution in [0.3, 0.4) is 0 Å². The van der Waals surface area contributed by atoms with E-state index >= 15 is 0 Å². The lowest BCUT2D eigenvalue weighted by Gasteiger charge is -2.08. The Morgan fingerprint density at radius 2 is 2.21 bits per heavy atom. The number of aromatic nitrogens is 2. The van der Waals surface area contributed by atoms with Gasteiger partial charge < -0.3 is 10.5 Å². The summed E-state index contributed by atoms with van der Waals surface area (Å²) in [5.74, 6) is 0.438. The second-order valence-electron chi connectivity index (χ2n) is 3.81. The van der Waals surface area contributed by atoms with Gasteiger partial charge in [-0.1, -0.05) is 0 Å². The van der Waals surface area contributed by atoms with Gasteiger partial charge in [0.2, 0.25) is 10.0 Å². The third-order valence-corrected chi connectivity index (χ3v) is 3.92. The highest BCUT2D eigenvalue weighted by atomic mass is 32.2. The first-order valence-corrected chi connectivity index (χ1v) is 6.92. The molecule has 0 bridgehead atoms. The van der Waals surface area contributed by atoms with Crippen LogP contribution in [0.1, 0.15) is 5.69 Å². The minimum atomic E-state index is -3.62. The number of anilines is 1. The Labute approximate surface area is 110 Å². The number of H-pyrrole nitrogens is 1. The van der Waals surface area contributed by atoms with Crippen LogP contribution >= 0.6 is 0 Å². The average Bonchev–Trinajstić information content (AvgIpc) is 2.89. The molecule has 4 N–H and O–H groups in total. The van der Waals surface area contributed by atoms with E-state index in [9.17, 15) is 8.42 Å². The molecule has 0 saturated heterocycles. The monoisotopic (exact) mass is 282 g/mol. The van der Waals surface area contributed by atoms with Crippen molar-refractivity contribution in [3.8, 4) is 5.75 Å². The van der Waals surface area contributed by atoms with E-state index in [0.717, 1.165) is 0 Å². The first-order chi connectivity index (χ1) is 9.03. The summed E-state index contributed by atoms with van der Waals surface area (Å²) >= 11 is 0. The molecule has 1 heterocycles. The van der Waals surface area contributed by atoms with Gasteiger partial charge in [0.1, 0.15) is 5.75 Å². The van der Waals surface area contributed by atoms with Crippen LogP contribution in [-0.2, 0) is 16.6 Å². The third kappa shape index (κ3) is 3.04. The number of aromatic amines is 1. The third-order valence-electron chi connectivity index (χ3n) is 2.52. The SMILES string of the molecule is COc1ccc(S(=O)(=O)NCc2ccn[nH]2)cc1N. The van der Waals surface area contributed by atoms with Crippen LogP contribution in [0.4, 0.5) is 5.69 Å². The number of nitrogens with one attached hydrogen (secondary N) is 2. The highest BCUT2D eigenvalue weighted by Crippen LogP contribution is 2.24. The molecule has 7 nitrogen and oxygen atoms in total. The standard InChI is InChI=1S/C11H14N4O3S/c1-18-11-3-2-9(6-10(11)12)19(16,17)14-7-8-4-5-13-15-8/h2-6,14H,7,12H2,1H3,(H,13,15). The molecule has 0 unspecified atom stereocenters. The summed E-state index contributed by atoms with van der Waals surface area (Å²) < 4.78 is 31.5. The molecule has 0 amide bonds. The molecule has 1 aromatic heterocycles. The fourth-order valence-electron chi connectivity index (χ4n) is 1.52. The molecule has 0 aliphatic carbocycles. The molecule has 19 heavy (non-hydrogen) atoms. The number of nitrogen functional groups attached to an aromatic ring is 1. The van der Waals surface area contributed by atoms with Gasteiger partial charge in [-0.2, -0.15) is 5.10 Å². The molecule has 0 atom stereocenters. The summed E-state index contributed by atoms with van der Waals surface area (Å²) in [5.41, 5.74) is 6.63. The number of sulfonamides is 1. The summed E-state index contributed by atoms with van der Waals surface area (Å²) in [6.07, 6.45) is 1.55. The van der Waals surface area contributed by atoms with Crippen LogP contribution in [0, 0.1) is 0 Å². The van der Waals surface area contributed by atoms with Gasteiger partial charge in [0.15, 0.2) is 0 Å². The van der Waals surface area contributed by atoms with Gasteiger partial charge in [-0.15, -0.1) is 0 Å². The molecule has 1 aromatic carbocycles. The van der Waals surface area contributed by atoms with Gasteiger partial charge in [-0.3, -0.25) is 5.10 Å². The molecule has 8 heteroatoms. The number of nitrogens with two attached hydrogens (primary N) is 1. The van der Waals surface area contributed by atoms with Crippen molar-refractivity contribution >= 4 is 15.7 Å². The van der Waals surface area contributed by atoms with Crippen molar-refractivity contribution in [1.29, 1.82) is 0 Å². The van der Waals surface area contributed by atoms with Crippen LogP contribution in [0.15, 0.2) is 35.4 Å². The van der Waals surface area contributed by atoms with E-state index in [2.05, 4.69) is 14.9 Å². The molecular formula is C11H14N4O3S. The summed E-state index contributed by atoms with van der Waals surface area (Å²) in [5, 5.41) is 6.41. The molecule has 2 aromatic rings. The highest BCUT2D eigenvalue weighted by Gasteiger charge is 2.15. The van der Waals surface area contributed by atoms with Gasteiger partial charge in [0.25, 0.3) is 0 Å². The fourth-order valence-corrected chi connectivity index (χ4v) is 2.56. The minimum absolute atomic E-state index is 0.0883. The van der Waals surface area contributed by atoms with Crippen molar-refractivity contribution in [2.24, 2.45) is 0 Å². The first kappa shape index (κ1) is 13.4. The van der Waals surface area contributed by atoms with Crippen molar-refractivity contribution in [2.45, 2.75) is 11.4 Å². The van der Waals surface area contributed by atoms with Crippen molar-refractivity contribution < 1.29 is 13.2 Å². The summed E-state index contributed by atoms with van der Waals surface area (Å²) in [4.78, 5) is 0.0883. The Bertz CT molecular complexity index is 653. The van der Waals surface area contributed by atoms with E-state index in [4.69, 9.17) is 10.5 Å². The van der Waals surface area contributed by atoms with Crippen LogP contribution in [-0.4, -0.2) is 25.7 Å². The van der Waals surface area contributed by atoms with E-state index < -0.39 is 10.0 Å². The average molecular weight is 282 g/mol. The van der Waals surface area contributed by atoms with Gasteiger partial charge in [0, 0.05) is 6.20 Å². The maximum absolute atomic E-state index is 12.0. The number of ether oxygens (including phenoxy) is 1. The van der Waals surface area contributed by atoms with Crippen LogP contribution in [0.2, 0.25) is 0 Å². The van der Waals surface area contributed by atoms with Crippen molar-refractivity contribution in [3.63, 3.8) is 0 Å². The predicted octanol–water partition coefficient (Wildman–Crippen LogP) is 0.479. The van der Waals surface area contributed by atoms with Crippen molar-refractivity contribution in [1.82, 2.24) is 14.9 Å². The second-order valence-corrected chi connectivity index (χ2v) is 5.58. The van der Waals surface area contributed by atoms with Gasteiger partial charge in [0.05, 0.1) is 29.9 Å². The Kier molecular flexibility index (Phi) is 3.72. The lowest BCUT2D eigenvalue weighted by atomic mass is 10.3. The molecule has 0 aliphatic heterocycles. The topological polar surface area (TPSA) is 110 Å². The highest BCUT2D eigenvalue weighted by molar-refractivity contribution is 7.89. The number of rotatable bonds is 5. The fraction of sp³-hybridized carbons (Fsp3) is 0.182. The zero-order valence-electron chi connectivity index (χ0n) is 10.3. The van der Waals surface area contributed by atoms with Crippen LogP contribution < -0.4 is 15.2 Å². The quantitative estimate of drug-likeness (QED) is 0.691. The van der Waals surface area contributed by atoms with E-state index in [1.807, 2.05) is 0 Å². The van der Waals surface area contributed by atoms with E-state index in [1.54, 1.807) is 12.3 Å². The van der Waals surface area contributed by atoms with E-state index in [-0.39, 0.29) is 17.1 Å². The van der Waals surface area contributed by atoms with Crippen LogP contribution in [0.5, 0.6) is 5.75 Å². The van der Waals surface area contributed by atoms with E-state index in [0.29, 0.717) is 11.4 Å². The van der Waals surface area contributed by atoms with Crippen molar-refractivity contribution in [3.05, 3.63) is 36.2 Å². The molecule has 0 saturated carbocycles. The first-order valence-electron chi connectivity index (χ1n) is 5.44. The van der Waals surface area contributed by atoms with Crippen LogP contribution in [0.25, 0.3) is 0 Å². The lowest BCUT2D eigenvalue weighted by Crippen LogP contribution is -2.23. The molecule has 2 rings (SSSR count). The van der Waals surface area contributed by atoms with E-state index in [1.165, 1.54) is 25.3 Å². The number of nitrogens with zero attached hydrogens (tertiary/aromatic N) is 1. The molecule has 0 aliphatic rings. The molecule has 0 radical (unpaired) electrons. The minimum Gasteiger partial charge on any atom is -0.495 e. The maximum Gasteiger partial charge on any atom is 0.241 e. The summed E-state index contributed by atoms with van der Waals surface area (Å²) in [6, 6.07) is 5.99. The Hall–Kier alpha value is -2.06. The summed E-state index contributed by atoms with van der Waals surface area (Å²) in [7, 11) is -2.15. The lowest BCUT2D eigenvalue weighted by molar-refractivity contribution is 0.416. The largest absolute Gasteiger partial charge is 0.495 e. The van der Waals surface area contributed by atoms with Gasteiger partial charge in [-0.05, 0) is 24.3 Å². The number of methoxy groups -OCH3 is 1. The number of benzene rings is 1. The zero-order valence-corrected chi connectivity index (χ0v) is 11.1. The molecular weight excluding hydrogens is 268 g/mol. The summed E-state index contributed by atoms with van der Waals surface area (Å²) in [6.45, 7) is 0.133. The predicted molar refractivity (Wildman–Crippen MR) is 70.0 cm³/mol. The molecule has 102 valence electrons. The van der Waals surface area contributed by atoms with Crippen molar-refractivity contribution in [2.75, 3.05) is 12.8 Å². The molecule has 0 spiro atoms. The van der Waals surface area contributed by atoms with Gasteiger partial charge >= 0.3 is 0 Å². The molecule has 0 fully saturated rings.